The molecule has 10 heteroatoms. The van der Waals surface area contributed by atoms with Crippen molar-refractivity contribution in [1.29, 1.82) is 0 Å². The fourth-order valence-electron chi connectivity index (χ4n) is 3.20. The SMILES string of the molecule is COC(=O)C1CCN(C(=O)C(C)N(c2cc(Cl)ccc2Cl)S(C)(=O)=O)CC1. The first-order chi connectivity index (χ1) is 12.6. The molecule has 0 aromatic heterocycles. The zero-order valence-corrected chi connectivity index (χ0v) is 17.6. The number of likely N-dealkylation sites (tertiary alicyclic amines) is 1. The number of hydrogen-bond donors (Lipinski definition) is 0. The number of anilines is 1. The predicted octanol–water partition coefficient (Wildman–Crippen LogP) is 2.56. The third kappa shape index (κ3) is 5.06. The molecule has 0 aliphatic carbocycles. The maximum atomic E-state index is 12.9. The molecule has 1 heterocycles. The summed E-state index contributed by atoms with van der Waals surface area (Å²) in [6.45, 7) is 2.21. The summed E-state index contributed by atoms with van der Waals surface area (Å²) in [5, 5.41) is 0.482. The van der Waals surface area contributed by atoms with Crippen LogP contribution in [0.5, 0.6) is 0 Å². The van der Waals surface area contributed by atoms with E-state index in [1.54, 1.807) is 4.90 Å². The van der Waals surface area contributed by atoms with Crippen LogP contribution < -0.4 is 4.31 Å². The van der Waals surface area contributed by atoms with Crippen molar-refractivity contribution in [2.24, 2.45) is 5.92 Å². The summed E-state index contributed by atoms with van der Waals surface area (Å²) in [7, 11) is -2.47. The van der Waals surface area contributed by atoms with Crippen LogP contribution in [0.25, 0.3) is 0 Å². The van der Waals surface area contributed by atoms with Gasteiger partial charge in [0, 0.05) is 18.1 Å². The maximum absolute atomic E-state index is 12.9. The number of esters is 1. The van der Waals surface area contributed by atoms with Crippen molar-refractivity contribution in [3.8, 4) is 0 Å². The van der Waals surface area contributed by atoms with E-state index in [-0.39, 0.29) is 28.5 Å². The van der Waals surface area contributed by atoms with Crippen LogP contribution in [0.15, 0.2) is 18.2 Å². The Morgan fingerprint density at radius 3 is 2.37 bits per heavy atom. The molecule has 1 saturated heterocycles. The number of piperidine rings is 1. The van der Waals surface area contributed by atoms with Gasteiger partial charge in [0.2, 0.25) is 15.9 Å². The highest BCUT2D eigenvalue weighted by molar-refractivity contribution is 7.92. The summed E-state index contributed by atoms with van der Waals surface area (Å²) in [4.78, 5) is 26.1. The average Bonchev–Trinajstić information content (AvgIpc) is 2.62. The van der Waals surface area contributed by atoms with Crippen molar-refractivity contribution in [2.75, 3.05) is 30.8 Å². The van der Waals surface area contributed by atoms with E-state index in [2.05, 4.69) is 0 Å². The number of hydrogen-bond acceptors (Lipinski definition) is 5. The van der Waals surface area contributed by atoms with Gasteiger partial charge >= 0.3 is 5.97 Å². The molecule has 27 heavy (non-hydrogen) atoms. The second-order valence-electron chi connectivity index (χ2n) is 6.45. The predicted molar refractivity (Wildman–Crippen MR) is 105 cm³/mol. The minimum absolute atomic E-state index is 0.150. The number of methoxy groups -OCH3 is 1. The second kappa shape index (κ2) is 8.67. The molecule has 1 amide bonds. The van der Waals surface area contributed by atoms with Gasteiger partial charge in [0.1, 0.15) is 6.04 Å². The minimum atomic E-state index is -3.80. The number of carbonyl (C=O) groups excluding carboxylic acids is 2. The van der Waals surface area contributed by atoms with Crippen molar-refractivity contribution >= 4 is 50.8 Å². The fraction of sp³-hybridized carbons (Fsp3) is 0.529. The number of amides is 1. The summed E-state index contributed by atoms with van der Waals surface area (Å²) in [6, 6.07) is 3.43. The first-order valence-electron chi connectivity index (χ1n) is 8.37. The lowest BCUT2D eigenvalue weighted by atomic mass is 9.96. The number of benzene rings is 1. The van der Waals surface area contributed by atoms with Crippen LogP contribution in [-0.2, 0) is 24.3 Å². The van der Waals surface area contributed by atoms with Gasteiger partial charge in [0.25, 0.3) is 0 Å². The molecule has 1 fully saturated rings. The van der Waals surface area contributed by atoms with Gasteiger partial charge in [-0.15, -0.1) is 0 Å². The zero-order valence-electron chi connectivity index (χ0n) is 15.3. The lowest BCUT2D eigenvalue weighted by Crippen LogP contribution is -2.51. The number of carbonyl (C=O) groups is 2. The van der Waals surface area contributed by atoms with E-state index in [1.165, 1.54) is 32.2 Å². The lowest BCUT2D eigenvalue weighted by molar-refractivity contribution is -0.149. The molecule has 1 aliphatic heterocycles. The van der Waals surface area contributed by atoms with Gasteiger partial charge in [-0.05, 0) is 38.0 Å². The van der Waals surface area contributed by atoms with Crippen LogP contribution in [-0.4, -0.2) is 57.7 Å². The quantitative estimate of drug-likeness (QED) is 0.662. The Morgan fingerprint density at radius 2 is 1.85 bits per heavy atom. The molecule has 0 saturated carbocycles. The average molecular weight is 437 g/mol. The second-order valence-corrected chi connectivity index (χ2v) is 9.16. The van der Waals surface area contributed by atoms with E-state index in [0.717, 1.165) is 10.6 Å². The number of nitrogens with zero attached hydrogens (tertiary/aromatic N) is 2. The molecule has 1 aromatic rings. The van der Waals surface area contributed by atoms with Crippen molar-refractivity contribution < 1.29 is 22.7 Å². The third-order valence-electron chi connectivity index (χ3n) is 4.55. The molecule has 0 N–H and O–H groups in total. The van der Waals surface area contributed by atoms with E-state index in [1.807, 2.05) is 0 Å². The summed E-state index contributed by atoms with van der Waals surface area (Å²) in [5.74, 6) is -0.902. The van der Waals surface area contributed by atoms with Gasteiger partial charge in [0.05, 0.1) is 30.0 Å². The Morgan fingerprint density at radius 1 is 1.26 bits per heavy atom. The summed E-state index contributed by atoms with van der Waals surface area (Å²) in [6.07, 6.45) is 1.96. The molecule has 1 aromatic carbocycles. The monoisotopic (exact) mass is 436 g/mol. The Kier molecular flexibility index (Phi) is 6.99. The van der Waals surface area contributed by atoms with Gasteiger partial charge in [-0.3, -0.25) is 13.9 Å². The molecule has 1 atom stereocenters. The largest absolute Gasteiger partial charge is 0.469 e. The molecule has 1 aliphatic rings. The number of sulfonamides is 1. The van der Waals surface area contributed by atoms with Crippen LogP contribution in [0.1, 0.15) is 19.8 Å². The third-order valence-corrected chi connectivity index (χ3v) is 6.34. The highest BCUT2D eigenvalue weighted by Crippen LogP contribution is 2.33. The Labute approximate surface area is 169 Å². The van der Waals surface area contributed by atoms with Crippen LogP contribution in [0, 0.1) is 5.92 Å². The molecule has 7 nitrogen and oxygen atoms in total. The van der Waals surface area contributed by atoms with Crippen LogP contribution in [0.3, 0.4) is 0 Å². The van der Waals surface area contributed by atoms with Crippen molar-refractivity contribution in [1.82, 2.24) is 4.90 Å². The van der Waals surface area contributed by atoms with Crippen molar-refractivity contribution in [3.05, 3.63) is 28.2 Å². The smallest absolute Gasteiger partial charge is 0.308 e. The van der Waals surface area contributed by atoms with E-state index >= 15 is 0 Å². The van der Waals surface area contributed by atoms with Gasteiger partial charge in [-0.1, -0.05) is 23.2 Å². The highest BCUT2D eigenvalue weighted by atomic mass is 35.5. The molecular weight excluding hydrogens is 415 g/mol. The van der Waals surface area contributed by atoms with Crippen LogP contribution >= 0.6 is 23.2 Å². The maximum Gasteiger partial charge on any atom is 0.308 e. The zero-order chi connectivity index (χ0) is 20.4. The Bertz CT molecular complexity index is 823. The number of halogens is 2. The molecule has 0 spiro atoms. The van der Waals surface area contributed by atoms with Gasteiger partial charge < -0.3 is 9.64 Å². The van der Waals surface area contributed by atoms with E-state index < -0.39 is 16.1 Å². The van der Waals surface area contributed by atoms with Gasteiger partial charge in [0.15, 0.2) is 0 Å². The fourth-order valence-corrected chi connectivity index (χ4v) is 4.79. The first kappa shape index (κ1) is 21.8. The molecule has 0 radical (unpaired) electrons. The number of ether oxygens (including phenoxy) is 1. The van der Waals surface area contributed by atoms with Crippen LogP contribution in [0.2, 0.25) is 10.0 Å². The minimum Gasteiger partial charge on any atom is -0.469 e. The van der Waals surface area contributed by atoms with Gasteiger partial charge in [-0.2, -0.15) is 0 Å². The first-order valence-corrected chi connectivity index (χ1v) is 11.0. The van der Waals surface area contributed by atoms with Crippen molar-refractivity contribution in [3.63, 3.8) is 0 Å². The highest BCUT2D eigenvalue weighted by Gasteiger charge is 2.35. The van der Waals surface area contributed by atoms with E-state index in [0.29, 0.717) is 31.0 Å². The Balaban J connectivity index is 2.24. The Hall–Kier alpha value is -1.51. The van der Waals surface area contributed by atoms with Crippen molar-refractivity contribution in [2.45, 2.75) is 25.8 Å². The topological polar surface area (TPSA) is 84.0 Å². The number of rotatable bonds is 5. The molecule has 150 valence electrons. The summed E-state index contributed by atoms with van der Waals surface area (Å²) in [5.41, 5.74) is 0.150. The standard InChI is InChI=1S/C17H22Cl2N2O5S/c1-11(16(22)20-8-6-12(7-9-20)17(23)26-2)21(27(3,24)25)15-10-13(18)4-5-14(15)19/h4-5,10-12H,6-9H2,1-3H3. The summed E-state index contributed by atoms with van der Waals surface area (Å²) >= 11 is 12.1. The lowest BCUT2D eigenvalue weighted by Gasteiger charge is -2.36. The van der Waals surface area contributed by atoms with E-state index in [4.69, 9.17) is 27.9 Å². The molecule has 2 rings (SSSR count). The molecule has 0 bridgehead atoms. The van der Waals surface area contributed by atoms with Gasteiger partial charge in [-0.25, -0.2) is 8.42 Å². The molecule has 1 unspecified atom stereocenters. The summed E-state index contributed by atoms with van der Waals surface area (Å²) < 4.78 is 30.5. The van der Waals surface area contributed by atoms with Crippen LogP contribution in [0.4, 0.5) is 5.69 Å². The molecular formula is C17H22Cl2N2O5S. The van der Waals surface area contributed by atoms with E-state index in [9.17, 15) is 18.0 Å². The normalized spacial score (nSPS) is 16.7.